The van der Waals surface area contributed by atoms with Crippen molar-refractivity contribution >= 4 is 46.5 Å². The molecule has 0 spiro atoms. The molecule has 3 aromatic rings. The Balaban J connectivity index is 1.70. The number of fused-ring (bicyclic) bond motifs is 1. The van der Waals surface area contributed by atoms with Crippen LogP contribution in [0.5, 0.6) is 0 Å². The molecular formula is C30H33ClN4O5. The second kappa shape index (κ2) is 13.0. The van der Waals surface area contributed by atoms with E-state index >= 15 is 0 Å². The van der Waals surface area contributed by atoms with Crippen LogP contribution in [0.15, 0.2) is 72.8 Å². The SMILES string of the molecule is CCOC(CN1C(=O)[C@@](CC(=O)Nc2ccccc2Cl)(NC(=O)Nc2ccc(C)cc2)c2ccccc21)OCC. The van der Waals surface area contributed by atoms with E-state index in [0.717, 1.165) is 5.56 Å². The molecule has 10 heteroatoms. The van der Waals surface area contributed by atoms with E-state index in [9.17, 15) is 14.4 Å². The molecule has 4 amide bonds. The highest BCUT2D eigenvalue weighted by atomic mass is 35.5. The summed E-state index contributed by atoms with van der Waals surface area (Å²) in [5.41, 5.74) is 1.31. The van der Waals surface area contributed by atoms with Crippen LogP contribution in [0.1, 0.15) is 31.4 Å². The fourth-order valence-corrected chi connectivity index (χ4v) is 4.89. The molecule has 1 aliphatic rings. The van der Waals surface area contributed by atoms with Gasteiger partial charge in [-0.3, -0.25) is 9.59 Å². The highest BCUT2D eigenvalue weighted by Gasteiger charge is 2.53. The predicted molar refractivity (Wildman–Crippen MR) is 156 cm³/mol. The molecule has 1 aliphatic heterocycles. The number of nitrogens with zero attached hydrogens (tertiary/aromatic N) is 1. The van der Waals surface area contributed by atoms with Crippen LogP contribution in [0, 0.1) is 6.92 Å². The molecule has 9 nitrogen and oxygen atoms in total. The predicted octanol–water partition coefficient (Wildman–Crippen LogP) is 5.44. The Morgan fingerprint density at radius 3 is 2.25 bits per heavy atom. The fourth-order valence-electron chi connectivity index (χ4n) is 4.71. The standard InChI is InChI=1S/C30H33ClN4O5/c1-4-39-27(40-5-2)19-35-25-13-9-6-10-22(25)30(28(35)37,18-26(36)33-24-12-8-7-11-23(24)31)34-29(38)32-21-16-14-20(3)15-17-21/h6-17,27H,4-5,18-19H2,1-3H3,(H,33,36)(H2,32,34,38)/t30-/m0/s1. The minimum absolute atomic E-state index is 0.0761. The third-order valence-corrected chi connectivity index (χ3v) is 6.84. The monoisotopic (exact) mass is 564 g/mol. The Labute approximate surface area is 238 Å². The van der Waals surface area contributed by atoms with Gasteiger partial charge in [0.05, 0.1) is 29.4 Å². The number of anilines is 3. The van der Waals surface area contributed by atoms with E-state index in [1.165, 1.54) is 4.90 Å². The Bertz CT molecular complexity index is 1360. The average molecular weight is 565 g/mol. The van der Waals surface area contributed by atoms with Crippen molar-refractivity contribution in [2.75, 3.05) is 35.3 Å². The molecule has 210 valence electrons. The molecular weight excluding hydrogens is 532 g/mol. The maximum absolute atomic E-state index is 14.3. The zero-order valence-electron chi connectivity index (χ0n) is 22.7. The third kappa shape index (κ3) is 6.44. The lowest BCUT2D eigenvalue weighted by Gasteiger charge is -2.30. The van der Waals surface area contributed by atoms with Crippen LogP contribution >= 0.6 is 11.6 Å². The molecule has 1 heterocycles. The number of hydrogen-bond acceptors (Lipinski definition) is 5. The zero-order valence-corrected chi connectivity index (χ0v) is 23.5. The van der Waals surface area contributed by atoms with Crippen LogP contribution in [0.25, 0.3) is 0 Å². The van der Waals surface area contributed by atoms with Crippen molar-refractivity contribution in [3.8, 4) is 0 Å². The van der Waals surface area contributed by atoms with E-state index in [0.29, 0.717) is 40.9 Å². The van der Waals surface area contributed by atoms with Gasteiger partial charge in [-0.1, -0.05) is 59.6 Å². The number of ether oxygens (including phenoxy) is 2. The van der Waals surface area contributed by atoms with Crippen molar-refractivity contribution < 1.29 is 23.9 Å². The Hall–Kier alpha value is -3.92. The minimum atomic E-state index is -1.71. The van der Waals surface area contributed by atoms with Gasteiger partial charge in [0.2, 0.25) is 5.91 Å². The Kier molecular flexibility index (Phi) is 9.42. The molecule has 1 atom stereocenters. The van der Waals surface area contributed by atoms with Crippen LogP contribution in [0.4, 0.5) is 21.9 Å². The largest absolute Gasteiger partial charge is 0.351 e. The Morgan fingerprint density at radius 1 is 0.925 bits per heavy atom. The fraction of sp³-hybridized carbons (Fsp3) is 0.300. The Morgan fingerprint density at radius 2 is 1.57 bits per heavy atom. The van der Waals surface area contributed by atoms with Crippen LogP contribution in [0.3, 0.4) is 0 Å². The van der Waals surface area contributed by atoms with Gasteiger partial charge in [-0.2, -0.15) is 0 Å². The zero-order chi connectivity index (χ0) is 28.7. The smallest absolute Gasteiger partial charge is 0.320 e. The van der Waals surface area contributed by atoms with Crippen molar-refractivity contribution in [3.05, 3.63) is 88.9 Å². The average Bonchev–Trinajstić information content (AvgIpc) is 3.14. The second-order valence-electron chi connectivity index (χ2n) is 9.33. The summed E-state index contributed by atoms with van der Waals surface area (Å²) in [6.45, 7) is 6.47. The maximum Gasteiger partial charge on any atom is 0.320 e. The highest BCUT2D eigenvalue weighted by molar-refractivity contribution is 6.33. The van der Waals surface area contributed by atoms with E-state index < -0.39 is 29.7 Å². The van der Waals surface area contributed by atoms with Crippen LogP contribution < -0.4 is 20.9 Å². The molecule has 0 saturated heterocycles. The minimum Gasteiger partial charge on any atom is -0.351 e. The first-order valence-corrected chi connectivity index (χ1v) is 13.5. The number of carbonyl (C=O) groups excluding carboxylic acids is 3. The summed E-state index contributed by atoms with van der Waals surface area (Å²) in [6.07, 6.45) is -1.07. The van der Waals surface area contributed by atoms with Gasteiger partial charge in [-0.15, -0.1) is 0 Å². The normalized spacial score (nSPS) is 16.1. The quantitative estimate of drug-likeness (QED) is 0.269. The summed E-state index contributed by atoms with van der Waals surface area (Å²) >= 11 is 6.26. The first-order valence-electron chi connectivity index (χ1n) is 13.1. The van der Waals surface area contributed by atoms with Crippen LogP contribution in [0.2, 0.25) is 5.02 Å². The number of rotatable bonds is 11. The van der Waals surface area contributed by atoms with E-state index in [-0.39, 0.29) is 13.0 Å². The molecule has 0 bridgehead atoms. The highest BCUT2D eigenvalue weighted by Crippen LogP contribution is 2.43. The number of urea groups is 1. The summed E-state index contributed by atoms with van der Waals surface area (Å²) in [4.78, 5) is 42.6. The van der Waals surface area contributed by atoms with Gasteiger partial charge < -0.3 is 30.3 Å². The van der Waals surface area contributed by atoms with Gasteiger partial charge in [0, 0.05) is 24.5 Å². The lowest BCUT2D eigenvalue weighted by atomic mass is 9.87. The molecule has 0 saturated carbocycles. The number of benzene rings is 3. The number of halogens is 1. The van der Waals surface area contributed by atoms with Gasteiger partial charge in [-0.05, 0) is 51.1 Å². The number of amides is 4. The van der Waals surface area contributed by atoms with Crippen LogP contribution in [-0.4, -0.2) is 43.9 Å². The lowest BCUT2D eigenvalue weighted by molar-refractivity contribution is -0.138. The molecule has 3 aromatic carbocycles. The van der Waals surface area contributed by atoms with Gasteiger partial charge in [0.15, 0.2) is 11.8 Å². The summed E-state index contributed by atoms with van der Waals surface area (Å²) in [5.74, 6) is -0.980. The molecule has 0 aromatic heterocycles. The van der Waals surface area contributed by atoms with Crippen molar-refractivity contribution in [2.45, 2.75) is 39.0 Å². The topological polar surface area (TPSA) is 109 Å². The summed E-state index contributed by atoms with van der Waals surface area (Å²) < 4.78 is 11.4. The van der Waals surface area contributed by atoms with Crippen molar-refractivity contribution in [1.29, 1.82) is 0 Å². The van der Waals surface area contributed by atoms with Gasteiger partial charge in [0.25, 0.3) is 5.91 Å². The summed E-state index contributed by atoms with van der Waals surface area (Å²) in [7, 11) is 0. The molecule has 0 radical (unpaired) electrons. The van der Waals surface area contributed by atoms with Gasteiger partial charge in [-0.25, -0.2) is 4.79 Å². The molecule has 0 fully saturated rings. The van der Waals surface area contributed by atoms with E-state index in [1.54, 1.807) is 60.7 Å². The van der Waals surface area contributed by atoms with Gasteiger partial charge in [0.1, 0.15) is 0 Å². The summed E-state index contributed by atoms with van der Waals surface area (Å²) in [6, 6.07) is 20.5. The lowest BCUT2D eigenvalue weighted by Crippen LogP contribution is -2.56. The maximum atomic E-state index is 14.3. The molecule has 0 aliphatic carbocycles. The number of carbonyl (C=O) groups is 3. The number of para-hydroxylation sites is 2. The van der Waals surface area contributed by atoms with E-state index in [2.05, 4.69) is 16.0 Å². The van der Waals surface area contributed by atoms with E-state index in [1.807, 2.05) is 32.9 Å². The molecule has 40 heavy (non-hydrogen) atoms. The number of nitrogens with one attached hydrogen (secondary N) is 3. The van der Waals surface area contributed by atoms with Crippen molar-refractivity contribution in [2.24, 2.45) is 0 Å². The first-order chi connectivity index (χ1) is 19.3. The third-order valence-electron chi connectivity index (χ3n) is 6.51. The second-order valence-corrected chi connectivity index (χ2v) is 9.74. The molecule has 0 unspecified atom stereocenters. The summed E-state index contributed by atoms with van der Waals surface area (Å²) in [5, 5.41) is 8.75. The van der Waals surface area contributed by atoms with Gasteiger partial charge >= 0.3 is 6.03 Å². The first kappa shape index (κ1) is 29.1. The van der Waals surface area contributed by atoms with E-state index in [4.69, 9.17) is 21.1 Å². The van der Waals surface area contributed by atoms with Crippen molar-refractivity contribution in [1.82, 2.24) is 5.32 Å². The van der Waals surface area contributed by atoms with Crippen molar-refractivity contribution in [3.63, 3.8) is 0 Å². The molecule has 3 N–H and O–H groups in total. The number of aryl methyl sites for hydroxylation is 1. The molecule has 4 rings (SSSR count). The van der Waals surface area contributed by atoms with Crippen LogP contribution in [-0.2, 0) is 24.6 Å². The number of hydrogen-bond donors (Lipinski definition) is 3.